The van der Waals surface area contributed by atoms with Gasteiger partial charge in [-0.05, 0) is 24.3 Å². The quantitative estimate of drug-likeness (QED) is 0.506. The van der Waals surface area contributed by atoms with Crippen molar-refractivity contribution >= 4 is 5.91 Å². The van der Waals surface area contributed by atoms with Crippen LogP contribution in [0.25, 0.3) is 0 Å². The second-order valence-electron chi connectivity index (χ2n) is 6.40. The number of carbonyl (C=O) groups excluding carboxylic acids is 1. The van der Waals surface area contributed by atoms with Crippen LogP contribution in [0.3, 0.4) is 0 Å². The van der Waals surface area contributed by atoms with E-state index in [4.69, 9.17) is 18.7 Å². The third-order valence-corrected chi connectivity index (χ3v) is 4.05. The summed E-state index contributed by atoms with van der Waals surface area (Å²) in [6, 6.07) is 11.3. The highest BCUT2D eigenvalue weighted by atomic mass is 19.2. The van der Waals surface area contributed by atoms with Gasteiger partial charge in [0.05, 0.1) is 7.11 Å². The van der Waals surface area contributed by atoms with Crippen LogP contribution in [0.1, 0.15) is 16.2 Å². The van der Waals surface area contributed by atoms with Crippen LogP contribution in [-0.2, 0) is 6.61 Å². The molecule has 1 aromatic heterocycles. The van der Waals surface area contributed by atoms with Crippen LogP contribution in [0.5, 0.6) is 17.2 Å². The van der Waals surface area contributed by atoms with Crippen molar-refractivity contribution in [1.82, 2.24) is 10.5 Å². The van der Waals surface area contributed by atoms with E-state index in [-0.39, 0.29) is 37.0 Å². The Kier molecular flexibility index (Phi) is 7.39. The molecule has 10 heteroatoms. The van der Waals surface area contributed by atoms with Gasteiger partial charge in [-0.3, -0.25) is 4.79 Å². The number of halogens is 2. The lowest BCUT2D eigenvalue weighted by molar-refractivity contribution is 0.0836. The van der Waals surface area contributed by atoms with Crippen molar-refractivity contribution in [3.8, 4) is 17.2 Å². The summed E-state index contributed by atoms with van der Waals surface area (Å²) in [7, 11) is 1.54. The number of ether oxygens (including phenoxy) is 3. The molecule has 0 aliphatic rings. The maximum absolute atomic E-state index is 13.2. The van der Waals surface area contributed by atoms with Crippen LogP contribution in [0.2, 0.25) is 0 Å². The summed E-state index contributed by atoms with van der Waals surface area (Å²) in [6.07, 6.45) is -0.960. The number of aromatic nitrogens is 1. The first kappa shape index (κ1) is 22.0. The van der Waals surface area contributed by atoms with Gasteiger partial charge in [0, 0.05) is 24.7 Å². The molecule has 0 radical (unpaired) electrons. The maximum Gasteiger partial charge on any atom is 0.273 e. The highest BCUT2D eigenvalue weighted by molar-refractivity contribution is 5.92. The van der Waals surface area contributed by atoms with Gasteiger partial charge < -0.3 is 29.2 Å². The normalized spacial score (nSPS) is 11.6. The van der Waals surface area contributed by atoms with Gasteiger partial charge in [0.25, 0.3) is 5.91 Å². The minimum absolute atomic E-state index is 0.0233. The van der Waals surface area contributed by atoms with E-state index in [1.165, 1.54) is 19.2 Å². The van der Waals surface area contributed by atoms with E-state index in [9.17, 15) is 18.7 Å². The van der Waals surface area contributed by atoms with Gasteiger partial charge in [-0.2, -0.15) is 0 Å². The van der Waals surface area contributed by atoms with Crippen molar-refractivity contribution in [2.45, 2.75) is 12.7 Å². The molecular formula is C21H20F2N2O6. The van der Waals surface area contributed by atoms with E-state index < -0.39 is 23.6 Å². The van der Waals surface area contributed by atoms with Crippen molar-refractivity contribution in [3.05, 3.63) is 71.6 Å². The zero-order valence-corrected chi connectivity index (χ0v) is 16.5. The molecule has 164 valence electrons. The molecule has 0 bridgehead atoms. The van der Waals surface area contributed by atoms with Crippen molar-refractivity contribution in [2.75, 3.05) is 20.3 Å². The second-order valence-corrected chi connectivity index (χ2v) is 6.40. The number of benzene rings is 2. The monoisotopic (exact) mass is 434 g/mol. The predicted molar refractivity (Wildman–Crippen MR) is 104 cm³/mol. The van der Waals surface area contributed by atoms with Crippen LogP contribution >= 0.6 is 0 Å². The molecule has 0 aliphatic heterocycles. The second kappa shape index (κ2) is 10.4. The Hall–Kier alpha value is -3.66. The highest BCUT2D eigenvalue weighted by Gasteiger charge is 2.15. The molecule has 3 aromatic rings. The molecule has 1 unspecified atom stereocenters. The van der Waals surface area contributed by atoms with Crippen LogP contribution in [0, 0.1) is 11.6 Å². The Morgan fingerprint density at radius 3 is 2.65 bits per heavy atom. The standard InChI is InChI=1S/C21H20F2N2O6/c1-28-14-3-2-4-15(7-14)29-11-13(26)10-24-21(27)20-9-17(31-25-20)12-30-16-5-6-18(22)19(23)8-16/h2-9,13,26H,10-12H2,1H3,(H,24,27). The van der Waals surface area contributed by atoms with Crippen molar-refractivity contribution < 1.29 is 37.4 Å². The van der Waals surface area contributed by atoms with E-state index in [2.05, 4.69) is 10.5 Å². The average Bonchev–Trinajstić information content (AvgIpc) is 3.26. The van der Waals surface area contributed by atoms with Gasteiger partial charge in [0.2, 0.25) is 0 Å². The molecule has 3 rings (SSSR count). The molecule has 0 aliphatic carbocycles. The van der Waals surface area contributed by atoms with Gasteiger partial charge in [0.15, 0.2) is 23.1 Å². The lowest BCUT2D eigenvalue weighted by Gasteiger charge is -2.13. The SMILES string of the molecule is COc1cccc(OCC(O)CNC(=O)c2cc(COc3ccc(F)c(F)c3)on2)c1. The Labute approximate surface area is 176 Å². The molecule has 2 N–H and O–H groups in total. The molecule has 0 saturated carbocycles. The molecular weight excluding hydrogens is 414 g/mol. The minimum Gasteiger partial charge on any atom is -0.497 e. The molecule has 1 amide bonds. The average molecular weight is 434 g/mol. The van der Waals surface area contributed by atoms with E-state index in [1.54, 1.807) is 24.3 Å². The number of aliphatic hydroxyl groups excluding tert-OH is 1. The van der Waals surface area contributed by atoms with Crippen LogP contribution in [-0.4, -0.2) is 42.5 Å². The lowest BCUT2D eigenvalue weighted by atomic mass is 10.3. The van der Waals surface area contributed by atoms with Crippen molar-refractivity contribution in [3.63, 3.8) is 0 Å². The molecule has 2 aromatic carbocycles. The third-order valence-electron chi connectivity index (χ3n) is 4.05. The molecule has 0 saturated heterocycles. The van der Waals surface area contributed by atoms with Gasteiger partial charge in [-0.15, -0.1) is 0 Å². The fourth-order valence-electron chi connectivity index (χ4n) is 2.45. The summed E-state index contributed by atoms with van der Waals surface area (Å²) in [6.45, 7) is -0.252. The molecule has 0 spiro atoms. The number of amides is 1. The number of carbonyl (C=O) groups is 1. The summed E-state index contributed by atoms with van der Waals surface area (Å²) in [5.74, 6) is -1.14. The first-order valence-electron chi connectivity index (χ1n) is 9.21. The Morgan fingerprint density at radius 2 is 1.87 bits per heavy atom. The van der Waals surface area contributed by atoms with Crippen LogP contribution in [0.4, 0.5) is 8.78 Å². The smallest absolute Gasteiger partial charge is 0.273 e. The van der Waals surface area contributed by atoms with Gasteiger partial charge in [-0.25, -0.2) is 8.78 Å². The zero-order valence-electron chi connectivity index (χ0n) is 16.5. The molecule has 0 fully saturated rings. The first-order chi connectivity index (χ1) is 14.9. The van der Waals surface area contributed by atoms with E-state index in [0.717, 1.165) is 12.1 Å². The highest BCUT2D eigenvalue weighted by Crippen LogP contribution is 2.19. The number of nitrogens with one attached hydrogen (secondary N) is 1. The Balaban J connectivity index is 1.43. The fourth-order valence-corrected chi connectivity index (χ4v) is 2.45. The minimum atomic E-state index is -1.04. The summed E-state index contributed by atoms with van der Waals surface area (Å²) in [4.78, 5) is 12.1. The summed E-state index contributed by atoms with van der Waals surface area (Å²) >= 11 is 0. The summed E-state index contributed by atoms with van der Waals surface area (Å²) in [5, 5.41) is 16.1. The lowest BCUT2D eigenvalue weighted by Crippen LogP contribution is -2.35. The number of hydrogen-bond donors (Lipinski definition) is 2. The van der Waals surface area contributed by atoms with Crippen LogP contribution in [0.15, 0.2) is 53.1 Å². The van der Waals surface area contributed by atoms with E-state index >= 15 is 0 Å². The summed E-state index contributed by atoms with van der Waals surface area (Å²) < 4.78 is 46.9. The number of methoxy groups -OCH3 is 1. The molecule has 31 heavy (non-hydrogen) atoms. The number of hydrogen-bond acceptors (Lipinski definition) is 7. The Morgan fingerprint density at radius 1 is 1.10 bits per heavy atom. The zero-order chi connectivity index (χ0) is 22.2. The number of nitrogens with zero attached hydrogens (tertiary/aromatic N) is 1. The van der Waals surface area contributed by atoms with Gasteiger partial charge in [0.1, 0.15) is 36.6 Å². The third kappa shape index (κ3) is 6.41. The molecule has 1 atom stereocenters. The van der Waals surface area contributed by atoms with Gasteiger partial charge in [-0.1, -0.05) is 11.2 Å². The summed E-state index contributed by atoms with van der Waals surface area (Å²) in [5.41, 5.74) is -0.0233. The number of rotatable bonds is 10. The predicted octanol–water partition coefficient (Wildman–Crippen LogP) is 2.71. The largest absolute Gasteiger partial charge is 0.497 e. The van der Waals surface area contributed by atoms with E-state index in [0.29, 0.717) is 11.5 Å². The Bertz CT molecular complexity index is 1030. The van der Waals surface area contributed by atoms with Crippen molar-refractivity contribution in [2.24, 2.45) is 0 Å². The topological polar surface area (TPSA) is 103 Å². The molecule has 8 nitrogen and oxygen atoms in total. The van der Waals surface area contributed by atoms with Crippen LogP contribution < -0.4 is 19.5 Å². The van der Waals surface area contributed by atoms with Gasteiger partial charge >= 0.3 is 0 Å². The van der Waals surface area contributed by atoms with E-state index in [1.807, 2.05) is 0 Å². The fraction of sp³-hybridized carbons (Fsp3) is 0.238. The van der Waals surface area contributed by atoms with Crippen molar-refractivity contribution in [1.29, 1.82) is 0 Å². The number of aliphatic hydroxyl groups is 1. The maximum atomic E-state index is 13.2. The first-order valence-corrected chi connectivity index (χ1v) is 9.21. The molecule has 1 heterocycles.